The summed E-state index contributed by atoms with van der Waals surface area (Å²) in [5, 5.41) is 0. The lowest BCUT2D eigenvalue weighted by Gasteiger charge is -2.22. The van der Waals surface area contributed by atoms with Crippen LogP contribution in [0.25, 0.3) is 0 Å². The van der Waals surface area contributed by atoms with Crippen molar-refractivity contribution in [2.75, 3.05) is 31.5 Å². The van der Waals surface area contributed by atoms with E-state index in [1.165, 1.54) is 12.2 Å². The van der Waals surface area contributed by atoms with E-state index in [4.69, 9.17) is 11.6 Å². The summed E-state index contributed by atoms with van der Waals surface area (Å²) < 4.78 is 0. The standard InChI is InChI=1S/C8H18ClNS/c1-8(7-9)10(2)5-4-6-11-3/h8H,4-7H2,1-3H3. The SMILES string of the molecule is CSCCCN(C)C(C)CCl. The van der Waals surface area contributed by atoms with Crippen molar-refractivity contribution in [2.45, 2.75) is 19.4 Å². The molecule has 1 unspecified atom stereocenters. The van der Waals surface area contributed by atoms with E-state index < -0.39 is 0 Å². The van der Waals surface area contributed by atoms with E-state index in [-0.39, 0.29) is 0 Å². The summed E-state index contributed by atoms with van der Waals surface area (Å²) in [6.45, 7) is 3.32. The number of thioether (sulfide) groups is 1. The normalized spacial score (nSPS) is 13.9. The van der Waals surface area contributed by atoms with Crippen LogP contribution in [0, 0.1) is 0 Å². The maximum atomic E-state index is 5.71. The fourth-order valence-electron chi connectivity index (χ4n) is 0.796. The second-order valence-electron chi connectivity index (χ2n) is 2.83. The van der Waals surface area contributed by atoms with Gasteiger partial charge < -0.3 is 4.90 Å². The van der Waals surface area contributed by atoms with Crippen LogP contribution in [0.1, 0.15) is 13.3 Å². The monoisotopic (exact) mass is 195 g/mol. The molecule has 0 aliphatic rings. The fourth-order valence-corrected chi connectivity index (χ4v) is 1.45. The maximum Gasteiger partial charge on any atom is 0.0376 e. The van der Waals surface area contributed by atoms with Gasteiger partial charge in [0.05, 0.1) is 0 Å². The Morgan fingerprint density at radius 3 is 2.64 bits per heavy atom. The van der Waals surface area contributed by atoms with E-state index in [1.807, 2.05) is 11.8 Å². The summed E-state index contributed by atoms with van der Waals surface area (Å²) in [5.74, 6) is 1.98. The summed E-state index contributed by atoms with van der Waals surface area (Å²) in [4.78, 5) is 2.31. The average Bonchev–Trinajstić information content (AvgIpc) is 2.03. The summed E-state index contributed by atoms with van der Waals surface area (Å²) >= 11 is 7.62. The summed E-state index contributed by atoms with van der Waals surface area (Å²) in [6, 6.07) is 0.513. The molecule has 11 heavy (non-hydrogen) atoms. The Bertz CT molecular complexity index is 90.2. The van der Waals surface area contributed by atoms with Gasteiger partial charge >= 0.3 is 0 Å². The maximum absolute atomic E-state index is 5.71. The van der Waals surface area contributed by atoms with Crippen LogP contribution in [-0.4, -0.2) is 42.4 Å². The predicted molar refractivity (Wildman–Crippen MR) is 55.8 cm³/mol. The molecule has 0 aromatic carbocycles. The van der Waals surface area contributed by atoms with Crippen LogP contribution in [0.2, 0.25) is 0 Å². The summed E-state index contributed by atoms with van der Waals surface area (Å²) in [5.41, 5.74) is 0. The first-order valence-electron chi connectivity index (χ1n) is 3.97. The average molecular weight is 196 g/mol. The van der Waals surface area contributed by atoms with Crippen molar-refractivity contribution in [2.24, 2.45) is 0 Å². The Hall–Kier alpha value is 0.600. The number of alkyl halides is 1. The van der Waals surface area contributed by atoms with Crippen molar-refractivity contribution in [1.82, 2.24) is 4.90 Å². The zero-order valence-electron chi connectivity index (χ0n) is 7.64. The minimum absolute atomic E-state index is 0.513. The molecule has 0 saturated heterocycles. The fraction of sp³-hybridized carbons (Fsp3) is 1.00. The number of hydrogen-bond donors (Lipinski definition) is 0. The number of nitrogens with zero attached hydrogens (tertiary/aromatic N) is 1. The zero-order chi connectivity index (χ0) is 8.69. The van der Waals surface area contributed by atoms with Gasteiger partial charge in [0.1, 0.15) is 0 Å². The van der Waals surface area contributed by atoms with Crippen molar-refractivity contribution < 1.29 is 0 Å². The molecule has 3 heteroatoms. The third-order valence-corrected chi connectivity index (χ3v) is 2.98. The molecule has 0 saturated carbocycles. The molecule has 1 nitrogen and oxygen atoms in total. The van der Waals surface area contributed by atoms with Gasteiger partial charge in [-0.1, -0.05) is 0 Å². The highest BCUT2D eigenvalue weighted by atomic mass is 35.5. The van der Waals surface area contributed by atoms with E-state index in [0.29, 0.717) is 6.04 Å². The van der Waals surface area contributed by atoms with Crippen molar-refractivity contribution in [1.29, 1.82) is 0 Å². The molecule has 0 aromatic rings. The van der Waals surface area contributed by atoms with E-state index in [0.717, 1.165) is 12.4 Å². The first-order valence-corrected chi connectivity index (χ1v) is 5.90. The molecule has 0 amide bonds. The predicted octanol–water partition coefficient (Wildman–Crippen LogP) is 2.30. The minimum atomic E-state index is 0.513. The van der Waals surface area contributed by atoms with Gasteiger partial charge in [-0.05, 0) is 38.9 Å². The highest BCUT2D eigenvalue weighted by Crippen LogP contribution is 2.01. The Labute approximate surface area is 79.5 Å². The van der Waals surface area contributed by atoms with Gasteiger partial charge in [-0.15, -0.1) is 11.6 Å². The highest BCUT2D eigenvalue weighted by Gasteiger charge is 2.05. The molecule has 0 radical (unpaired) electrons. The van der Waals surface area contributed by atoms with Gasteiger partial charge in [-0.2, -0.15) is 11.8 Å². The number of hydrogen-bond acceptors (Lipinski definition) is 2. The molecule has 0 aliphatic heterocycles. The molecule has 0 bridgehead atoms. The van der Waals surface area contributed by atoms with E-state index in [9.17, 15) is 0 Å². The molecule has 68 valence electrons. The molecule has 0 aliphatic carbocycles. The number of halogens is 1. The van der Waals surface area contributed by atoms with Gasteiger partial charge in [0, 0.05) is 11.9 Å². The molecule has 0 fully saturated rings. The number of rotatable bonds is 6. The van der Waals surface area contributed by atoms with E-state index in [2.05, 4.69) is 25.1 Å². The summed E-state index contributed by atoms with van der Waals surface area (Å²) in [6.07, 6.45) is 3.41. The Kier molecular flexibility index (Phi) is 7.66. The molecule has 0 spiro atoms. The second-order valence-corrected chi connectivity index (χ2v) is 4.12. The van der Waals surface area contributed by atoms with Crippen LogP contribution >= 0.6 is 23.4 Å². The third kappa shape index (κ3) is 5.83. The van der Waals surface area contributed by atoms with Crippen LogP contribution in [0.4, 0.5) is 0 Å². The Balaban J connectivity index is 3.28. The smallest absolute Gasteiger partial charge is 0.0376 e. The minimum Gasteiger partial charge on any atom is -0.302 e. The van der Waals surface area contributed by atoms with Crippen molar-refractivity contribution in [3.05, 3.63) is 0 Å². The van der Waals surface area contributed by atoms with Crippen LogP contribution in [0.5, 0.6) is 0 Å². The molecular weight excluding hydrogens is 178 g/mol. The molecule has 0 N–H and O–H groups in total. The lowest BCUT2D eigenvalue weighted by atomic mass is 10.3. The first-order chi connectivity index (χ1) is 5.22. The van der Waals surface area contributed by atoms with Gasteiger partial charge in [0.15, 0.2) is 0 Å². The lowest BCUT2D eigenvalue weighted by molar-refractivity contribution is 0.278. The molecule has 0 rings (SSSR count). The van der Waals surface area contributed by atoms with E-state index >= 15 is 0 Å². The highest BCUT2D eigenvalue weighted by molar-refractivity contribution is 7.98. The largest absolute Gasteiger partial charge is 0.302 e. The molecule has 0 heterocycles. The van der Waals surface area contributed by atoms with Crippen LogP contribution in [-0.2, 0) is 0 Å². The molecular formula is C8H18ClNS. The van der Waals surface area contributed by atoms with Crippen molar-refractivity contribution in [3.8, 4) is 0 Å². The van der Waals surface area contributed by atoms with Crippen molar-refractivity contribution >= 4 is 23.4 Å². The topological polar surface area (TPSA) is 3.24 Å². The molecule has 0 aromatic heterocycles. The van der Waals surface area contributed by atoms with E-state index in [1.54, 1.807) is 0 Å². The van der Waals surface area contributed by atoms with Crippen LogP contribution in [0.3, 0.4) is 0 Å². The van der Waals surface area contributed by atoms with Gasteiger partial charge in [-0.3, -0.25) is 0 Å². The third-order valence-electron chi connectivity index (χ3n) is 1.84. The second kappa shape index (κ2) is 7.26. The van der Waals surface area contributed by atoms with Crippen LogP contribution in [0.15, 0.2) is 0 Å². The van der Waals surface area contributed by atoms with Crippen LogP contribution < -0.4 is 0 Å². The summed E-state index contributed by atoms with van der Waals surface area (Å²) in [7, 11) is 2.13. The quantitative estimate of drug-likeness (QED) is 0.473. The van der Waals surface area contributed by atoms with Crippen molar-refractivity contribution in [3.63, 3.8) is 0 Å². The lowest BCUT2D eigenvalue weighted by Crippen LogP contribution is -2.31. The van der Waals surface area contributed by atoms with Gasteiger partial charge in [0.25, 0.3) is 0 Å². The Morgan fingerprint density at radius 1 is 1.55 bits per heavy atom. The molecule has 1 atom stereocenters. The van der Waals surface area contributed by atoms with Gasteiger partial charge in [0.2, 0.25) is 0 Å². The zero-order valence-corrected chi connectivity index (χ0v) is 9.21. The Morgan fingerprint density at radius 2 is 2.18 bits per heavy atom. The first kappa shape index (κ1) is 11.6. The van der Waals surface area contributed by atoms with Gasteiger partial charge in [-0.25, -0.2) is 0 Å².